The van der Waals surface area contributed by atoms with E-state index in [2.05, 4.69) is 20.7 Å². The number of alkyl carbamates (subject to hydrolysis) is 1. The Kier molecular flexibility index (Phi) is 13.3. The number of likely N-dealkylation sites (N-methyl/N-ethyl adjacent to an activating group) is 1. The largest absolute Gasteiger partial charge is 0.469 e. The SMILES string of the molecule is CNC(C(=O)OCCNC(=O)OCOP1OCC(C)(C)C(C(=O)NCCC(=O)OC)O1)C(C)C. The first-order valence-electron chi connectivity index (χ1n) is 10.8. The molecule has 0 aromatic heterocycles. The molecular weight excluding hydrogens is 473 g/mol. The predicted octanol–water partition coefficient (Wildman–Crippen LogP) is 0.822. The van der Waals surface area contributed by atoms with Gasteiger partial charge in [-0.1, -0.05) is 27.7 Å². The van der Waals surface area contributed by atoms with Crippen LogP contribution in [0, 0.1) is 11.3 Å². The molecule has 1 saturated heterocycles. The summed E-state index contributed by atoms with van der Waals surface area (Å²) in [6.07, 6.45) is -1.64. The van der Waals surface area contributed by atoms with Gasteiger partial charge < -0.3 is 34.7 Å². The molecule has 0 aromatic rings. The minimum atomic E-state index is -1.94. The molecule has 34 heavy (non-hydrogen) atoms. The van der Waals surface area contributed by atoms with Gasteiger partial charge in [0.1, 0.15) is 12.6 Å². The van der Waals surface area contributed by atoms with E-state index in [0.29, 0.717) is 0 Å². The van der Waals surface area contributed by atoms with E-state index in [1.165, 1.54) is 7.11 Å². The Balaban J connectivity index is 2.32. The van der Waals surface area contributed by atoms with Crippen LogP contribution in [0.3, 0.4) is 0 Å². The fraction of sp³-hybridized carbons (Fsp3) is 0.800. The molecule has 13 nitrogen and oxygen atoms in total. The number of hydrogen-bond acceptors (Lipinski definition) is 11. The third-order valence-electron chi connectivity index (χ3n) is 4.73. The molecular formula is C20H36N3O10P. The lowest BCUT2D eigenvalue weighted by Crippen LogP contribution is -2.49. The number of rotatable bonds is 13. The highest BCUT2D eigenvalue weighted by atomic mass is 31.2. The van der Waals surface area contributed by atoms with Crippen molar-refractivity contribution in [2.45, 2.75) is 46.3 Å². The molecule has 3 unspecified atom stereocenters. The Bertz CT molecular complexity index is 692. The minimum Gasteiger partial charge on any atom is -0.469 e. The zero-order valence-corrected chi connectivity index (χ0v) is 21.4. The second-order valence-corrected chi connectivity index (χ2v) is 9.55. The Hall–Kier alpha value is -2.05. The molecule has 1 fully saturated rings. The van der Waals surface area contributed by atoms with E-state index in [4.69, 9.17) is 23.0 Å². The van der Waals surface area contributed by atoms with Crippen LogP contribution in [0.1, 0.15) is 34.1 Å². The lowest BCUT2D eigenvalue weighted by Gasteiger charge is -2.39. The molecule has 196 valence electrons. The zero-order valence-electron chi connectivity index (χ0n) is 20.5. The molecule has 3 N–H and O–H groups in total. The molecule has 0 aromatic carbocycles. The Morgan fingerprint density at radius 1 is 1.12 bits per heavy atom. The van der Waals surface area contributed by atoms with E-state index in [9.17, 15) is 19.2 Å². The second-order valence-electron chi connectivity index (χ2n) is 8.37. The molecule has 0 spiro atoms. The van der Waals surface area contributed by atoms with Gasteiger partial charge in [-0.25, -0.2) is 4.79 Å². The van der Waals surface area contributed by atoms with Crippen molar-refractivity contribution in [1.82, 2.24) is 16.0 Å². The molecule has 0 aliphatic carbocycles. The van der Waals surface area contributed by atoms with Crippen molar-refractivity contribution >= 4 is 32.5 Å². The molecule has 0 radical (unpaired) electrons. The van der Waals surface area contributed by atoms with E-state index in [-0.39, 0.29) is 38.6 Å². The van der Waals surface area contributed by atoms with Crippen LogP contribution in [-0.4, -0.2) is 83.3 Å². The Morgan fingerprint density at radius 2 is 1.82 bits per heavy atom. The van der Waals surface area contributed by atoms with Crippen LogP contribution in [0.2, 0.25) is 0 Å². The normalized spacial score (nSPS) is 20.2. The summed E-state index contributed by atoms with van der Waals surface area (Å²) < 4.78 is 30.9. The van der Waals surface area contributed by atoms with Gasteiger partial charge in [0.25, 0.3) is 0 Å². The van der Waals surface area contributed by atoms with Crippen molar-refractivity contribution in [1.29, 1.82) is 0 Å². The van der Waals surface area contributed by atoms with Crippen LogP contribution in [0.4, 0.5) is 4.79 Å². The Morgan fingerprint density at radius 3 is 2.44 bits per heavy atom. The maximum atomic E-state index is 12.5. The molecule has 14 heteroatoms. The van der Waals surface area contributed by atoms with Gasteiger partial charge in [-0.3, -0.25) is 23.4 Å². The first-order chi connectivity index (χ1) is 16.0. The van der Waals surface area contributed by atoms with E-state index < -0.39 is 56.9 Å². The molecule has 3 atom stereocenters. The molecule has 0 bridgehead atoms. The highest BCUT2D eigenvalue weighted by molar-refractivity contribution is 7.41. The fourth-order valence-corrected chi connectivity index (χ4v) is 4.13. The quantitative estimate of drug-likeness (QED) is 0.106. The number of esters is 2. The van der Waals surface area contributed by atoms with Gasteiger partial charge in [0, 0.05) is 12.0 Å². The maximum absolute atomic E-state index is 12.5. The van der Waals surface area contributed by atoms with Crippen molar-refractivity contribution in [3.8, 4) is 0 Å². The van der Waals surface area contributed by atoms with Crippen molar-refractivity contribution in [3.63, 3.8) is 0 Å². The first-order valence-corrected chi connectivity index (χ1v) is 11.9. The van der Waals surface area contributed by atoms with Crippen molar-refractivity contribution in [2.75, 3.05) is 47.3 Å². The van der Waals surface area contributed by atoms with E-state index >= 15 is 0 Å². The summed E-state index contributed by atoms with van der Waals surface area (Å²) in [5.41, 5.74) is -0.644. The summed E-state index contributed by atoms with van der Waals surface area (Å²) in [7, 11) is 1.00. The predicted molar refractivity (Wildman–Crippen MR) is 120 cm³/mol. The summed E-state index contributed by atoms with van der Waals surface area (Å²) in [5.74, 6) is -1.20. The second kappa shape index (κ2) is 15.0. The third-order valence-corrected chi connectivity index (χ3v) is 5.77. The van der Waals surface area contributed by atoms with Gasteiger partial charge >= 0.3 is 26.6 Å². The van der Waals surface area contributed by atoms with Gasteiger partial charge in [0.05, 0.1) is 26.7 Å². The molecule has 1 heterocycles. The van der Waals surface area contributed by atoms with Gasteiger partial charge in [-0.15, -0.1) is 0 Å². The van der Waals surface area contributed by atoms with Crippen LogP contribution in [0.15, 0.2) is 0 Å². The van der Waals surface area contributed by atoms with Gasteiger partial charge in [-0.05, 0) is 13.0 Å². The monoisotopic (exact) mass is 509 g/mol. The summed E-state index contributed by atoms with van der Waals surface area (Å²) in [5, 5.41) is 7.92. The van der Waals surface area contributed by atoms with E-state index in [0.717, 1.165) is 0 Å². The lowest BCUT2D eigenvalue weighted by atomic mass is 9.87. The summed E-state index contributed by atoms with van der Waals surface area (Å²) in [6, 6.07) is -0.429. The zero-order chi connectivity index (χ0) is 25.7. The lowest BCUT2D eigenvalue weighted by molar-refractivity contribution is -0.147. The number of methoxy groups -OCH3 is 1. The standard InChI is InChI=1S/C20H36N3O10P/c1-13(2)15(21-5)18(26)29-10-9-23-19(27)30-12-32-34-31-11-20(3,4)16(33-34)17(25)22-8-7-14(24)28-6/h13,15-16,21H,7-12H2,1-6H3,(H,22,25)(H,23,27). The van der Waals surface area contributed by atoms with Crippen LogP contribution in [0.25, 0.3) is 0 Å². The summed E-state index contributed by atoms with van der Waals surface area (Å²) in [4.78, 5) is 47.3. The number of carbonyl (C=O) groups excluding carboxylic acids is 4. The van der Waals surface area contributed by atoms with Crippen LogP contribution in [-0.2, 0) is 42.2 Å². The highest BCUT2D eigenvalue weighted by Crippen LogP contribution is 2.50. The molecule has 1 aliphatic rings. The van der Waals surface area contributed by atoms with Gasteiger partial charge in [-0.2, -0.15) is 0 Å². The average molecular weight is 509 g/mol. The van der Waals surface area contributed by atoms with E-state index in [1.807, 2.05) is 13.8 Å². The van der Waals surface area contributed by atoms with E-state index in [1.54, 1.807) is 20.9 Å². The average Bonchev–Trinajstić information content (AvgIpc) is 2.77. The number of ether oxygens (including phenoxy) is 3. The van der Waals surface area contributed by atoms with Crippen molar-refractivity contribution in [3.05, 3.63) is 0 Å². The number of nitrogens with one attached hydrogen (secondary N) is 3. The number of carbonyl (C=O) groups is 4. The van der Waals surface area contributed by atoms with Crippen molar-refractivity contribution in [2.24, 2.45) is 11.3 Å². The summed E-state index contributed by atoms with van der Waals surface area (Å²) in [6.45, 7) is 7.22. The first kappa shape index (κ1) is 30.0. The molecule has 0 saturated carbocycles. The summed E-state index contributed by atoms with van der Waals surface area (Å²) >= 11 is 0. The fourth-order valence-electron chi connectivity index (χ4n) is 2.80. The minimum absolute atomic E-state index is 0.0134. The molecule has 1 rings (SSSR count). The Labute approximate surface area is 200 Å². The highest BCUT2D eigenvalue weighted by Gasteiger charge is 2.44. The van der Waals surface area contributed by atoms with Crippen LogP contribution in [0.5, 0.6) is 0 Å². The number of hydrogen-bond donors (Lipinski definition) is 3. The van der Waals surface area contributed by atoms with Gasteiger partial charge in [0.2, 0.25) is 12.7 Å². The topological polar surface area (TPSA) is 160 Å². The molecule has 1 aliphatic heterocycles. The van der Waals surface area contributed by atoms with Crippen LogP contribution < -0.4 is 16.0 Å². The third kappa shape index (κ3) is 10.5. The maximum Gasteiger partial charge on any atom is 0.409 e. The van der Waals surface area contributed by atoms with Crippen molar-refractivity contribution < 1.29 is 47.0 Å². The van der Waals surface area contributed by atoms with Gasteiger partial charge in [0.15, 0.2) is 6.10 Å². The van der Waals surface area contributed by atoms with Crippen LogP contribution >= 0.6 is 8.60 Å². The number of amides is 2. The molecule has 2 amide bonds. The smallest absolute Gasteiger partial charge is 0.409 e.